The lowest BCUT2D eigenvalue weighted by Gasteiger charge is -2.35. The first-order valence-electron chi connectivity index (χ1n) is 4.78. The Hall–Kier alpha value is 0.840. The Morgan fingerprint density at radius 3 is 1.57 bits per heavy atom. The molecule has 0 radical (unpaired) electrons. The molecule has 0 saturated carbocycles. The zero-order valence-electron chi connectivity index (χ0n) is 8.89. The van der Waals surface area contributed by atoms with Crippen molar-refractivity contribution in [3.05, 3.63) is 0 Å². The highest BCUT2D eigenvalue weighted by Gasteiger charge is 2.40. The van der Waals surface area contributed by atoms with E-state index in [1.807, 2.05) is 20.8 Å². The van der Waals surface area contributed by atoms with Crippen LogP contribution in [-0.2, 0) is 14.2 Å². The Bertz CT molecular complexity index is 127. The summed E-state index contributed by atoms with van der Waals surface area (Å²) in [4.78, 5) is -0.0325. The molecule has 5 heteroatoms. The molecule has 0 aromatic carbocycles. The van der Waals surface area contributed by atoms with Crippen LogP contribution in [0.5, 0.6) is 0 Å². The van der Waals surface area contributed by atoms with Crippen molar-refractivity contribution in [3.8, 4) is 0 Å². The van der Waals surface area contributed by atoms with E-state index in [1.54, 1.807) is 0 Å². The molecule has 14 heavy (non-hydrogen) atoms. The van der Waals surface area contributed by atoms with Gasteiger partial charge in [-0.1, -0.05) is 31.9 Å². The smallest absolute Gasteiger partial charge is 0.296 e. The summed E-state index contributed by atoms with van der Waals surface area (Å²) in [5.41, 5.74) is 0. The second kappa shape index (κ2) is 8.05. The van der Waals surface area contributed by atoms with E-state index >= 15 is 0 Å². The van der Waals surface area contributed by atoms with Crippen LogP contribution in [0.2, 0.25) is 0 Å². The third-order valence-corrected chi connectivity index (χ3v) is 3.96. The third-order valence-electron chi connectivity index (χ3n) is 1.56. The monoisotopic (exact) mass is 332 g/mol. The first-order chi connectivity index (χ1) is 6.66. The van der Waals surface area contributed by atoms with E-state index in [1.165, 1.54) is 0 Å². The Morgan fingerprint density at radius 1 is 1.00 bits per heavy atom. The number of rotatable bonds is 8. The summed E-state index contributed by atoms with van der Waals surface area (Å²) in [5.74, 6) is -0.970. The lowest BCUT2D eigenvalue weighted by molar-refractivity contribution is -0.372. The maximum absolute atomic E-state index is 5.54. The molecule has 0 heterocycles. The second-order valence-corrected chi connectivity index (χ2v) is 4.28. The predicted octanol–water partition coefficient (Wildman–Crippen LogP) is 2.91. The van der Waals surface area contributed by atoms with Crippen LogP contribution in [-0.4, -0.2) is 36.0 Å². The molecule has 0 N–H and O–H groups in total. The molecule has 3 nitrogen and oxygen atoms in total. The molecule has 0 aliphatic rings. The Kier molecular flexibility index (Phi) is 8.53. The predicted molar refractivity (Wildman–Crippen MR) is 64.1 cm³/mol. The summed E-state index contributed by atoms with van der Waals surface area (Å²) < 4.78 is 16.6. The number of alkyl halides is 2. The van der Waals surface area contributed by atoms with Crippen molar-refractivity contribution in [2.75, 3.05) is 25.2 Å². The fraction of sp³-hybridized carbons (Fsp3) is 1.00. The minimum atomic E-state index is -0.970. The van der Waals surface area contributed by atoms with Gasteiger partial charge in [0.05, 0.1) is 0 Å². The van der Waals surface area contributed by atoms with Crippen molar-refractivity contribution in [1.29, 1.82) is 0 Å². The number of hydrogen-bond donors (Lipinski definition) is 0. The van der Waals surface area contributed by atoms with Gasteiger partial charge in [0.1, 0.15) is 4.83 Å². The summed E-state index contributed by atoms with van der Waals surface area (Å²) in [5, 5.41) is 0.701. The summed E-state index contributed by atoms with van der Waals surface area (Å²) in [6.07, 6.45) is 0. The maximum Gasteiger partial charge on any atom is 0.296 e. The molecule has 0 aromatic rings. The van der Waals surface area contributed by atoms with Crippen LogP contribution in [0, 0.1) is 0 Å². The normalized spacial score (nSPS) is 14.4. The van der Waals surface area contributed by atoms with Gasteiger partial charge >= 0.3 is 0 Å². The van der Waals surface area contributed by atoms with Crippen LogP contribution >= 0.6 is 31.9 Å². The molecular weight excluding hydrogens is 316 g/mol. The van der Waals surface area contributed by atoms with E-state index < -0.39 is 5.97 Å². The summed E-state index contributed by atoms with van der Waals surface area (Å²) in [6.45, 7) is 7.40. The third kappa shape index (κ3) is 4.14. The second-order valence-electron chi connectivity index (χ2n) is 2.52. The van der Waals surface area contributed by atoms with Crippen LogP contribution in [0.1, 0.15) is 20.8 Å². The molecule has 86 valence electrons. The van der Waals surface area contributed by atoms with E-state index in [9.17, 15) is 0 Å². The van der Waals surface area contributed by atoms with Crippen molar-refractivity contribution in [3.63, 3.8) is 0 Å². The van der Waals surface area contributed by atoms with Crippen LogP contribution in [0.15, 0.2) is 0 Å². The van der Waals surface area contributed by atoms with Gasteiger partial charge in [-0.05, 0) is 20.8 Å². The van der Waals surface area contributed by atoms with E-state index in [0.717, 1.165) is 0 Å². The van der Waals surface area contributed by atoms with E-state index in [-0.39, 0.29) is 4.83 Å². The molecule has 0 fully saturated rings. The lowest BCUT2D eigenvalue weighted by atomic mass is 10.4. The molecule has 0 spiro atoms. The number of ether oxygens (including phenoxy) is 3. The zero-order valence-corrected chi connectivity index (χ0v) is 12.1. The van der Waals surface area contributed by atoms with Gasteiger partial charge in [-0.2, -0.15) is 0 Å². The fourth-order valence-electron chi connectivity index (χ4n) is 1.09. The molecular formula is C9H18Br2O3. The molecule has 1 unspecified atom stereocenters. The molecule has 0 bridgehead atoms. The molecule has 0 aliphatic carbocycles. The molecule has 1 atom stereocenters. The first-order valence-corrected chi connectivity index (χ1v) is 6.82. The van der Waals surface area contributed by atoms with Gasteiger partial charge < -0.3 is 14.2 Å². The largest absolute Gasteiger partial charge is 0.327 e. The topological polar surface area (TPSA) is 27.7 Å². The minimum absolute atomic E-state index is 0.0325. The van der Waals surface area contributed by atoms with E-state index in [4.69, 9.17) is 14.2 Å². The highest BCUT2D eigenvalue weighted by atomic mass is 79.9. The molecule has 0 saturated heterocycles. The SMILES string of the molecule is CCOC(OCC)(OCC)C(Br)CBr. The van der Waals surface area contributed by atoms with Crippen LogP contribution in [0.3, 0.4) is 0 Å². The summed E-state index contributed by atoms with van der Waals surface area (Å²) in [6, 6.07) is 0. The van der Waals surface area contributed by atoms with Crippen molar-refractivity contribution in [2.24, 2.45) is 0 Å². The average molecular weight is 334 g/mol. The minimum Gasteiger partial charge on any atom is -0.327 e. The molecule has 0 rings (SSSR count). The standard InChI is InChI=1S/C9H18Br2O3/c1-4-12-9(13-5-2,14-6-3)8(11)7-10/h8H,4-7H2,1-3H3. The van der Waals surface area contributed by atoms with Gasteiger partial charge in [0.15, 0.2) is 0 Å². The number of halogens is 2. The average Bonchev–Trinajstić information content (AvgIpc) is 2.17. The van der Waals surface area contributed by atoms with Gasteiger partial charge in [-0.25, -0.2) is 0 Å². The Morgan fingerprint density at radius 2 is 1.36 bits per heavy atom. The Labute approximate surface area is 103 Å². The van der Waals surface area contributed by atoms with Gasteiger partial charge in [0.2, 0.25) is 0 Å². The van der Waals surface area contributed by atoms with E-state index in [2.05, 4.69) is 31.9 Å². The molecule has 0 amide bonds. The fourth-order valence-corrected chi connectivity index (χ4v) is 1.89. The number of hydrogen-bond acceptors (Lipinski definition) is 3. The molecule has 0 aromatic heterocycles. The maximum atomic E-state index is 5.54. The highest BCUT2D eigenvalue weighted by molar-refractivity contribution is 9.12. The van der Waals surface area contributed by atoms with Crippen LogP contribution in [0.25, 0.3) is 0 Å². The van der Waals surface area contributed by atoms with Crippen molar-refractivity contribution >= 4 is 31.9 Å². The van der Waals surface area contributed by atoms with Crippen LogP contribution < -0.4 is 0 Å². The highest BCUT2D eigenvalue weighted by Crippen LogP contribution is 2.27. The van der Waals surface area contributed by atoms with Crippen molar-refractivity contribution in [2.45, 2.75) is 31.6 Å². The van der Waals surface area contributed by atoms with Gasteiger partial charge in [0, 0.05) is 25.2 Å². The van der Waals surface area contributed by atoms with Crippen molar-refractivity contribution < 1.29 is 14.2 Å². The summed E-state index contributed by atoms with van der Waals surface area (Å²) >= 11 is 6.86. The molecule has 0 aliphatic heterocycles. The van der Waals surface area contributed by atoms with Crippen molar-refractivity contribution in [1.82, 2.24) is 0 Å². The van der Waals surface area contributed by atoms with Gasteiger partial charge in [-0.3, -0.25) is 0 Å². The summed E-state index contributed by atoms with van der Waals surface area (Å²) in [7, 11) is 0. The first kappa shape index (κ1) is 14.8. The lowest BCUT2D eigenvalue weighted by Crippen LogP contribution is -2.48. The van der Waals surface area contributed by atoms with Gasteiger partial charge in [0.25, 0.3) is 5.97 Å². The van der Waals surface area contributed by atoms with E-state index in [0.29, 0.717) is 25.2 Å². The zero-order chi connectivity index (χ0) is 11.0. The van der Waals surface area contributed by atoms with Crippen LogP contribution in [0.4, 0.5) is 0 Å². The van der Waals surface area contributed by atoms with Gasteiger partial charge in [-0.15, -0.1) is 0 Å². The quantitative estimate of drug-likeness (QED) is 0.505. The Balaban J connectivity index is 4.53.